The van der Waals surface area contributed by atoms with E-state index in [0.29, 0.717) is 24.9 Å². The minimum atomic E-state index is -3.71. The molecule has 0 aliphatic carbocycles. The fourth-order valence-corrected chi connectivity index (χ4v) is 4.00. The van der Waals surface area contributed by atoms with Crippen molar-refractivity contribution < 1.29 is 22.9 Å². The maximum absolute atomic E-state index is 12.5. The summed E-state index contributed by atoms with van der Waals surface area (Å²) >= 11 is 1.23. The highest BCUT2D eigenvalue weighted by molar-refractivity contribution is 7.90. The first kappa shape index (κ1) is 20.3. The van der Waals surface area contributed by atoms with E-state index in [-0.39, 0.29) is 10.5 Å². The average molecular weight is 426 g/mol. The number of nitrogens with zero attached hydrogens (tertiary/aromatic N) is 3. The molecule has 0 spiro atoms. The van der Waals surface area contributed by atoms with Crippen LogP contribution in [-0.2, 0) is 21.1 Å². The zero-order valence-corrected chi connectivity index (χ0v) is 16.6. The molecule has 0 bridgehead atoms. The summed E-state index contributed by atoms with van der Waals surface area (Å²) in [7, 11) is -3.71. The Balaban J connectivity index is 1.76. The molecule has 1 fully saturated rings. The second kappa shape index (κ2) is 8.31. The van der Waals surface area contributed by atoms with Crippen LogP contribution in [0, 0.1) is 10.1 Å². The molecule has 150 valence electrons. The predicted octanol–water partition coefficient (Wildman–Crippen LogP) is 1.54. The minimum Gasteiger partial charge on any atom is -0.379 e. The van der Waals surface area contributed by atoms with E-state index in [9.17, 15) is 23.3 Å². The van der Waals surface area contributed by atoms with Crippen molar-refractivity contribution in [2.45, 2.75) is 11.4 Å². The number of hydrogen-bond acceptors (Lipinski definition) is 9. The smallest absolute Gasteiger partial charge is 0.271 e. The van der Waals surface area contributed by atoms with Gasteiger partial charge in [-0.25, -0.2) is 13.4 Å². The lowest BCUT2D eigenvalue weighted by Gasteiger charge is -2.25. The fraction of sp³-hybridized carbons (Fsp3) is 0.375. The van der Waals surface area contributed by atoms with Crippen LogP contribution in [-0.4, -0.2) is 61.7 Å². The van der Waals surface area contributed by atoms with Gasteiger partial charge in [-0.2, -0.15) is 0 Å². The Hall–Kier alpha value is -2.41. The van der Waals surface area contributed by atoms with Crippen LogP contribution in [0.2, 0.25) is 0 Å². The Labute approximate surface area is 165 Å². The predicted molar refractivity (Wildman–Crippen MR) is 102 cm³/mol. The second-order valence-electron chi connectivity index (χ2n) is 6.23. The Bertz CT molecular complexity index is 998. The quantitative estimate of drug-likeness (QED) is 0.543. The van der Waals surface area contributed by atoms with Crippen molar-refractivity contribution in [3.8, 4) is 0 Å². The molecule has 1 saturated heterocycles. The van der Waals surface area contributed by atoms with Gasteiger partial charge in [-0.3, -0.25) is 25.1 Å². The fourth-order valence-electron chi connectivity index (χ4n) is 2.63. The first-order chi connectivity index (χ1) is 13.2. The summed E-state index contributed by atoms with van der Waals surface area (Å²) in [6.45, 7) is 3.58. The molecule has 12 heteroatoms. The third kappa shape index (κ3) is 5.10. The molecule has 2 heterocycles. The van der Waals surface area contributed by atoms with Crippen molar-refractivity contribution >= 4 is 37.9 Å². The maximum Gasteiger partial charge on any atom is 0.271 e. The molecule has 0 unspecified atom stereocenters. The molecular weight excluding hydrogens is 408 g/mol. The Kier molecular flexibility index (Phi) is 6.03. The molecule has 1 aliphatic heterocycles. The van der Waals surface area contributed by atoms with Gasteiger partial charge in [-0.1, -0.05) is 0 Å². The SMILES string of the molecule is CS(=O)(=O)c1cc(C(=O)Nc2nc(CN3CCOCC3)cs2)cc([N+](=O)[O-])c1. The molecule has 0 radical (unpaired) electrons. The van der Waals surface area contributed by atoms with Gasteiger partial charge < -0.3 is 4.74 Å². The van der Waals surface area contributed by atoms with Crippen molar-refractivity contribution in [2.24, 2.45) is 0 Å². The van der Waals surface area contributed by atoms with E-state index >= 15 is 0 Å². The number of ether oxygens (including phenoxy) is 1. The van der Waals surface area contributed by atoms with Crippen LogP contribution in [0.1, 0.15) is 16.1 Å². The number of nitrogens with one attached hydrogen (secondary N) is 1. The van der Waals surface area contributed by atoms with Crippen LogP contribution in [0.15, 0.2) is 28.5 Å². The van der Waals surface area contributed by atoms with Crippen molar-refractivity contribution in [1.29, 1.82) is 0 Å². The van der Waals surface area contributed by atoms with E-state index in [1.807, 2.05) is 5.38 Å². The standard InChI is InChI=1S/C16H18N4O6S2/c1-28(24,25)14-7-11(6-13(8-14)20(22)23)15(21)18-16-17-12(10-27-16)9-19-2-4-26-5-3-19/h6-8,10H,2-5,9H2,1H3,(H,17,18,21). The van der Waals surface area contributed by atoms with Crippen LogP contribution >= 0.6 is 11.3 Å². The molecule has 28 heavy (non-hydrogen) atoms. The minimum absolute atomic E-state index is 0.125. The van der Waals surface area contributed by atoms with Gasteiger partial charge in [0, 0.05) is 49.0 Å². The largest absolute Gasteiger partial charge is 0.379 e. The van der Waals surface area contributed by atoms with E-state index in [0.717, 1.165) is 43.2 Å². The number of nitro groups is 1. The monoisotopic (exact) mass is 426 g/mol. The Morgan fingerprint density at radius 1 is 1.36 bits per heavy atom. The first-order valence-corrected chi connectivity index (χ1v) is 11.0. The zero-order chi connectivity index (χ0) is 20.3. The summed E-state index contributed by atoms with van der Waals surface area (Å²) in [5, 5.41) is 15.8. The lowest BCUT2D eigenvalue weighted by Crippen LogP contribution is -2.35. The first-order valence-electron chi connectivity index (χ1n) is 8.28. The van der Waals surface area contributed by atoms with E-state index in [1.165, 1.54) is 11.3 Å². The number of amides is 1. The topological polar surface area (TPSA) is 132 Å². The van der Waals surface area contributed by atoms with Gasteiger partial charge in [0.15, 0.2) is 15.0 Å². The van der Waals surface area contributed by atoms with E-state index in [4.69, 9.17) is 4.74 Å². The number of benzene rings is 1. The number of anilines is 1. The summed E-state index contributed by atoms with van der Waals surface area (Å²) < 4.78 is 28.8. The van der Waals surface area contributed by atoms with Crippen molar-refractivity contribution in [3.05, 3.63) is 45.0 Å². The maximum atomic E-state index is 12.5. The molecule has 1 N–H and O–H groups in total. The van der Waals surface area contributed by atoms with Crippen molar-refractivity contribution in [2.75, 3.05) is 37.9 Å². The van der Waals surface area contributed by atoms with Crippen LogP contribution in [0.5, 0.6) is 0 Å². The number of sulfone groups is 1. The Morgan fingerprint density at radius 3 is 2.71 bits per heavy atom. The summed E-state index contributed by atoms with van der Waals surface area (Å²) in [6, 6.07) is 3.07. The van der Waals surface area contributed by atoms with Crippen LogP contribution < -0.4 is 5.32 Å². The van der Waals surface area contributed by atoms with Crippen LogP contribution in [0.4, 0.5) is 10.8 Å². The van der Waals surface area contributed by atoms with Crippen LogP contribution in [0.3, 0.4) is 0 Å². The highest BCUT2D eigenvalue weighted by Crippen LogP contribution is 2.23. The van der Waals surface area contributed by atoms with E-state index in [2.05, 4.69) is 15.2 Å². The summed E-state index contributed by atoms with van der Waals surface area (Å²) in [6.07, 6.45) is 0.923. The summed E-state index contributed by atoms with van der Waals surface area (Å²) in [5.41, 5.74) is 0.192. The molecule has 0 saturated carbocycles. The Morgan fingerprint density at radius 2 is 2.07 bits per heavy atom. The highest BCUT2D eigenvalue weighted by atomic mass is 32.2. The lowest BCUT2D eigenvalue weighted by molar-refractivity contribution is -0.385. The molecule has 1 aliphatic rings. The summed E-state index contributed by atoms with van der Waals surface area (Å²) in [5.74, 6) is -0.666. The van der Waals surface area contributed by atoms with Gasteiger partial charge in [0.2, 0.25) is 0 Å². The highest BCUT2D eigenvalue weighted by Gasteiger charge is 2.20. The molecule has 3 rings (SSSR count). The van der Waals surface area contributed by atoms with Gasteiger partial charge in [-0.15, -0.1) is 11.3 Å². The molecule has 10 nitrogen and oxygen atoms in total. The van der Waals surface area contributed by atoms with Crippen molar-refractivity contribution in [1.82, 2.24) is 9.88 Å². The number of aromatic nitrogens is 1. The van der Waals surface area contributed by atoms with Gasteiger partial charge >= 0.3 is 0 Å². The number of carbonyl (C=O) groups is 1. The van der Waals surface area contributed by atoms with E-state index < -0.39 is 26.4 Å². The number of hydrogen-bond donors (Lipinski definition) is 1. The molecule has 0 atom stereocenters. The molecule has 1 aromatic heterocycles. The number of nitro benzene ring substituents is 1. The zero-order valence-electron chi connectivity index (χ0n) is 15.0. The van der Waals surface area contributed by atoms with Gasteiger partial charge in [-0.05, 0) is 6.07 Å². The average Bonchev–Trinajstić information content (AvgIpc) is 3.08. The van der Waals surface area contributed by atoms with Gasteiger partial charge in [0.1, 0.15) is 0 Å². The molecule has 2 aromatic rings. The molecular formula is C16H18N4O6S2. The third-order valence-corrected chi connectivity index (χ3v) is 5.95. The number of non-ortho nitro benzene ring substituents is 1. The van der Waals surface area contributed by atoms with Gasteiger partial charge in [0.05, 0.1) is 28.7 Å². The molecule has 1 aromatic carbocycles. The van der Waals surface area contributed by atoms with Gasteiger partial charge in [0.25, 0.3) is 11.6 Å². The van der Waals surface area contributed by atoms with Crippen molar-refractivity contribution in [3.63, 3.8) is 0 Å². The number of thiazole rings is 1. The number of morpholine rings is 1. The number of rotatable bonds is 6. The van der Waals surface area contributed by atoms with E-state index in [1.54, 1.807) is 0 Å². The second-order valence-corrected chi connectivity index (χ2v) is 9.11. The normalized spacial score (nSPS) is 15.3. The van der Waals surface area contributed by atoms with Crippen LogP contribution in [0.25, 0.3) is 0 Å². The summed E-state index contributed by atoms with van der Waals surface area (Å²) in [4.78, 5) is 29.0. The number of carbonyl (C=O) groups excluding carboxylic acids is 1. The molecule has 1 amide bonds. The third-order valence-electron chi connectivity index (χ3n) is 4.05. The lowest BCUT2D eigenvalue weighted by atomic mass is 10.2.